The second-order valence-corrected chi connectivity index (χ2v) is 7.44. The molecule has 0 saturated carbocycles. The maximum absolute atomic E-state index is 14.6. The molecular formula is C21H20FN5O2. The minimum absolute atomic E-state index is 0.0814. The normalized spacial score (nSPS) is 22.8. The van der Waals surface area contributed by atoms with Crippen molar-refractivity contribution < 1.29 is 13.9 Å². The van der Waals surface area contributed by atoms with Crippen LogP contribution in [0, 0.1) is 11.7 Å². The van der Waals surface area contributed by atoms with Gasteiger partial charge in [0, 0.05) is 30.3 Å². The Morgan fingerprint density at radius 3 is 2.76 bits per heavy atom. The highest BCUT2D eigenvalue weighted by atomic mass is 19.1. The Morgan fingerprint density at radius 1 is 1.10 bits per heavy atom. The topological polar surface area (TPSA) is 73.1 Å². The van der Waals surface area contributed by atoms with Gasteiger partial charge in [-0.15, -0.1) is 4.80 Å². The van der Waals surface area contributed by atoms with Crippen LogP contribution in [-0.4, -0.2) is 49.5 Å². The van der Waals surface area contributed by atoms with E-state index in [2.05, 4.69) is 15.2 Å². The van der Waals surface area contributed by atoms with E-state index in [1.165, 1.54) is 23.3 Å². The van der Waals surface area contributed by atoms with E-state index >= 15 is 0 Å². The highest BCUT2D eigenvalue weighted by Gasteiger charge is 2.49. The maximum atomic E-state index is 14.6. The average molecular weight is 393 g/mol. The summed E-state index contributed by atoms with van der Waals surface area (Å²) in [6.45, 7) is 0.513. The molecule has 2 bridgehead atoms. The average Bonchev–Trinajstić information content (AvgIpc) is 3.49. The first-order chi connectivity index (χ1) is 14.2. The molecule has 1 amide bonds. The predicted molar refractivity (Wildman–Crippen MR) is 102 cm³/mol. The summed E-state index contributed by atoms with van der Waals surface area (Å²) in [5, 5.41) is 8.03. The van der Waals surface area contributed by atoms with Crippen LogP contribution in [-0.2, 0) is 0 Å². The molecular weight excluding hydrogens is 373 g/mol. The van der Waals surface area contributed by atoms with E-state index in [-0.39, 0.29) is 35.2 Å². The minimum atomic E-state index is -0.520. The Balaban J connectivity index is 1.38. The van der Waals surface area contributed by atoms with Crippen LogP contribution in [0.2, 0.25) is 0 Å². The van der Waals surface area contributed by atoms with Crippen LogP contribution in [0.4, 0.5) is 4.39 Å². The molecule has 3 aromatic rings. The SMILES string of the molecule is O=C(c1cccc(F)c1-n1nccn1)N1C2CCC1C(COc1ccccn1)C2. The van der Waals surface area contributed by atoms with Crippen molar-refractivity contribution in [2.75, 3.05) is 6.61 Å². The third-order valence-corrected chi connectivity index (χ3v) is 5.82. The minimum Gasteiger partial charge on any atom is -0.477 e. The molecule has 0 radical (unpaired) electrons. The predicted octanol–water partition coefficient (Wildman–Crippen LogP) is 2.87. The van der Waals surface area contributed by atoms with Crippen LogP contribution >= 0.6 is 0 Å². The van der Waals surface area contributed by atoms with E-state index in [1.54, 1.807) is 18.3 Å². The van der Waals surface area contributed by atoms with Gasteiger partial charge in [-0.3, -0.25) is 4.79 Å². The number of carbonyl (C=O) groups excluding carboxylic acids is 1. The molecule has 2 aromatic heterocycles. The van der Waals surface area contributed by atoms with Gasteiger partial charge in [-0.05, 0) is 37.5 Å². The number of fused-ring (bicyclic) bond motifs is 2. The van der Waals surface area contributed by atoms with Crippen LogP contribution in [0.1, 0.15) is 29.6 Å². The van der Waals surface area contributed by atoms with E-state index in [1.807, 2.05) is 23.1 Å². The largest absolute Gasteiger partial charge is 0.477 e. The highest BCUT2D eigenvalue weighted by molar-refractivity contribution is 5.98. The number of hydrogen-bond donors (Lipinski definition) is 0. The number of benzene rings is 1. The first kappa shape index (κ1) is 17.8. The molecule has 2 fully saturated rings. The quantitative estimate of drug-likeness (QED) is 0.667. The Kier molecular flexibility index (Phi) is 4.46. The van der Waals surface area contributed by atoms with Gasteiger partial charge in [0.15, 0.2) is 5.82 Å². The fraction of sp³-hybridized carbons (Fsp3) is 0.333. The van der Waals surface area contributed by atoms with Crippen molar-refractivity contribution in [2.24, 2.45) is 5.92 Å². The molecule has 3 atom stereocenters. The highest BCUT2D eigenvalue weighted by Crippen LogP contribution is 2.43. The number of nitrogens with zero attached hydrogens (tertiary/aromatic N) is 5. The number of pyridine rings is 1. The molecule has 0 N–H and O–H groups in total. The van der Waals surface area contributed by atoms with E-state index in [9.17, 15) is 9.18 Å². The second kappa shape index (κ2) is 7.27. The summed E-state index contributed by atoms with van der Waals surface area (Å²) in [5.41, 5.74) is 0.375. The number of aromatic nitrogens is 4. The van der Waals surface area contributed by atoms with E-state index in [0.717, 1.165) is 19.3 Å². The number of halogens is 1. The first-order valence-corrected chi connectivity index (χ1v) is 9.74. The molecule has 29 heavy (non-hydrogen) atoms. The molecule has 3 unspecified atom stereocenters. The Hall–Kier alpha value is -3.29. The van der Waals surface area contributed by atoms with Gasteiger partial charge in [0.05, 0.1) is 24.6 Å². The lowest BCUT2D eigenvalue weighted by Crippen LogP contribution is -2.38. The van der Waals surface area contributed by atoms with Gasteiger partial charge < -0.3 is 9.64 Å². The van der Waals surface area contributed by atoms with E-state index < -0.39 is 5.82 Å². The molecule has 0 spiro atoms. The third kappa shape index (κ3) is 3.14. The molecule has 4 heterocycles. The maximum Gasteiger partial charge on any atom is 0.256 e. The van der Waals surface area contributed by atoms with Gasteiger partial charge in [-0.25, -0.2) is 9.37 Å². The van der Waals surface area contributed by atoms with Crippen molar-refractivity contribution in [1.29, 1.82) is 0 Å². The van der Waals surface area contributed by atoms with Crippen LogP contribution in [0.5, 0.6) is 5.88 Å². The van der Waals surface area contributed by atoms with Crippen molar-refractivity contribution in [3.05, 3.63) is 66.4 Å². The lowest BCUT2D eigenvalue weighted by atomic mass is 9.90. The number of ether oxygens (including phenoxy) is 1. The zero-order valence-electron chi connectivity index (χ0n) is 15.7. The van der Waals surface area contributed by atoms with Crippen molar-refractivity contribution in [2.45, 2.75) is 31.3 Å². The number of hydrogen-bond acceptors (Lipinski definition) is 5. The fourth-order valence-corrected chi connectivity index (χ4v) is 4.59. The van der Waals surface area contributed by atoms with Crippen LogP contribution in [0.15, 0.2) is 55.0 Å². The number of amides is 1. The van der Waals surface area contributed by atoms with Crippen LogP contribution in [0.3, 0.4) is 0 Å². The number of carbonyl (C=O) groups is 1. The zero-order valence-corrected chi connectivity index (χ0v) is 15.7. The molecule has 2 aliphatic rings. The van der Waals surface area contributed by atoms with E-state index in [0.29, 0.717) is 12.5 Å². The van der Waals surface area contributed by atoms with E-state index in [4.69, 9.17) is 4.74 Å². The fourth-order valence-electron chi connectivity index (χ4n) is 4.59. The van der Waals surface area contributed by atoms with Gasteiger partial charge in [0.2, 0.25) is 5.88 Å². The van der Waals surface area contributed by atoms with Gasteiger partial charge in [-0.2, -0.15) is 10.2 Å². The molecule has 1 aromatic carbocycles. The molecule has 148 valence electrons. The van der Waals surface area contributed by atoms with Crippen molar-refractivity contribution in [3.8, 4) is 11.6 Å². The summed E-state index contributed by atoms with van der Waals surface area (Å²) < 4.78 is 20.4. The van der Waals surface area contributed by atoms with Gasteiger partial charge in [-0.1, -0.05) is 12.1 Å². The summed E-state index contributed by atoms with van der Waals surface area (Å²) >= 11 is 0. The molecule has 0 aliphatic carbocycles. The lowest BCUT2D eigenvalue weighted by Gasteiger charge is -2.25. The smallest absolute Gasteiger partial charge is 0.256 e. The van der Waals surface area contributed by atoms with Crippen LogP contribution in [0.25, 0.3) is 5.69 Å². The second-order valence-electron chi connectivity index (χ2n) is 7.44. The molecule has 5 rings (SSSR count). The summed E-state index contributed by atoms with van der Waals surface area (Å²) in [6, 6.07) is 10.3. The summed E-state index contributed by atoms with van der Waals surface area (Å²) in [6.07, 6.45) is 7.39. The Morgan fingerprint density at radius 2 is 1.97 bits per heavy atom. The number of para-hydroxylation sites is 1. The molecule has 2 saturated heterocycles. The number of rotatable bonds is 5. The van der Waals surface area contributed by atoms with Crippen molar-refractivity contribution in [1.82, 2.24) is 24.9 Å². The Bertz CT molecular complexity index is 1010. The zero-order chi connectivity index (χ0) is 19.8. The standard InChI is InChI=1S/C21H20FN5O2/c22-17-5-3-4-16(20(17)27-24-10-11-25-27)21(28)26-15-7-8-18(26)14(12-15)13-29-19-6-1-2-9-23-19/h1-6,9-11,14-15,18H,7-8,12-13H2. The summed E-state index contributed by atoms with van der Waals surface area (Å²) in [4.78, 5) is 20.7. The molecule has 8 heteroatoms. The first-order valence-electron chi connectivity index (χ1n) is 9.74. The Labute approximate surface area is 167 Å². The third-order valence-electron chi connectivity index (χ3n) is 5.82. The van der Waals surface area contributed by atoms with Crippen molar-refractivity contribution in [3.63, 3.8) is 0 Å². The van der Waals surface area contributed by atoms with Gasteiger partial charge in [0.1, 0.15) is 5.69 Å². The molecule has 7 nitrogen and oxygen atoms in total. The van der Waals surface area contributed by atoms with Gasteiger partial charge in [0.25, 0.3) is 5.91 Å². The summed E-state index contributed by atoms with van der Waals surface area (Å²) in [7, 11) is 0. The summed E-state index contributed by atoms with van der Waals surface area (Å²) in [5.74, 6) is 0.128. The molecule has 2 aliphatic heterocycles. The lowest BCUT2D eigenvalue weighted by molar-refractivity contribution is 0.0709. The van der Waals surface area contributed by atoms with Crippen LogP contribution < -0.4 is 4.74 Å². The monoisotopic (exact) mass is 393 g/mol. The van der Waals surface area contributed by atoms with Crippen molar-refractivity contribution >= 4 is 5.91 Å². The van der Waals surface area contributed by atoms with Gasteiger partial charge >= 0.3 is 0 Å².